The molecule has 0 aliphatic carbocycles. The molecule has 0 unspecified atom stereocenters. The molecule has 10 heteroatoms. The van der Waals surface area contributed by atoms with Crippen LogP contribution >= 0.6 is 11.8 Å². The zero-order valence-corrected chi connectivity index (χ0v) is 19.6. The first-order valence-electron chi connectivity index (χ1n) is 10.8. The molecule has 3 aromatic heterocycles. The minimum Gasteiger partial charge on any atom is -0.310 e. The molecule has 2 N–H and O–H groups in total. The Balaban J connectivity index is 1.35. The average Bonchev–Trinajstić information content (AvgIpc) is 3.47. The van der Waals surface area contributed by atoms with Gasteiger partial charge in [-0.2, -0.15) is 0 Å². The van der Waals surface area contributed by atoms with Gasteiger partial charge in [-0.1, -0.05) is 47.7 Å². The summed E-state index contributed by atoms with van der Waals surface area (Å²) in [4.78, 5) is 29.1. The summed E-state index contributed by atoms with van der Waals surface area (Å²) in [6.45, 7) is 2.02. The van der Waals surface area contributed by atoms with E-state index in [4.69, 9.17) is 0 Å². The molecule has 0 radical (unpaired) electrons. The van der Waals surface area contributed by atoms with Gasteiger partial charge >= 0.3 is 0 Å². The fourth-order valence-electron chi connectivity index (χ4n) is 3.52. The number of amides is 1. The standard InChI is InChI=1S/C25H21N7O2S/c1-17-7-9-19(10-8-17)31-24(18-11-13-26-14-12-18)28-29-25(31)35-16-22(33)27-21-15-23(34)32(30-21)20-5-3-2-4-6-20/h2-15,30H,16H2,1H3,(H,27,33). The number of pyridine rings is 1. The molecule has 5 rings (SSSR count). The van der Waals surface area contributed by atoms with Gasteiger partial charge in [-0.25, -0.2) is 4.68 Å². The minimum atomic E-state index is -0.277. The maximum absolute atomic E-state index is 12.7. The topological polar surface area (TPSA) is 110 Å². The molecule has 0 aliphatic rings. The molecule has 5 aromatic rings. The first-order chi connectivity index (χ1) is 17.1. The van der Waals surface area contributed by atoms with Gasteiger partial charge in [0.2, 0.25) is 5.91 Å². The third kappa shape index (κ3) is 4.92. The number of thioether (sulfide) groups is 1. The number of hydrogen-bond acceptors (Lipinski definition) is 6. The molecule has 0 saturated carbocycles. The molecule has 0 aliphatic heterocycles. The molecule has 9 nitrogen and oxygen atoms in total. The van der Waals surface area contributed by atoms with Crippen molar-refractivity contribution in [1.29, 1.82) is 0 Å². The van der Waals surface area contributed by atoms with E-state index in [0.717, 1.165) is 16.8 Å². The predicted molar refractivity (Wildman–Crippen MR) is 135 cm³/mol. The van der Waals surface area contributed by atoms with Crippen molar-refractivity contribution in [3.05, 3.63) is 101 Å². The maximum Gasteiger partial charge on any atom is 0.273 e. The highest BCUT2D eigenvalue weighted by Gasteiger charge is 2.18. The van der Waals surface area contributed by atoms with Crippen molar-refractivity contribution in [3.63, 3.8) is 0 Å². The van der Waals surface area contributed by atoms with Gasteiger partial charge in [0.15, 0.2) is 11.0 Å². The predicted octanol–water partition coefficient (Wildman–Crippen LogP) is 3.85. The molecule has 0 saturated heterocycles. The van der Waals surface area contributed by atoms with Gasteiger partial charge < -0.3 is 5.32 Å². The van der Waals surface area contributed by atoms with Crippen LogP contribution in [0.3, 0.4) is 0 Å². The van der Waals surface area contributed by atoms with Crippen LogP contribution in [-0.2, 0) is 4.79 Å². The summed E-state index contributed by atoms with van der Waals surface area (Å²) in [5, 5.41) is 15.0. The van der Waals surface area contributed by atoms with Crippen LogP contribution in [0, 0.1) is 6.92 Å². The van der Waals surface area contributed by atoms with Crippen molar-refractivity contribution < 1.29 is 4.79 Å². The highest BCUT2D eigenvalue weighted by molar-refractivity contribution is 7.99. The lowest BCUT2D eigenvalue weighted by Crippen LogP contribution is -2.15. The number of nitrogens with zero attached hydrogens (tertiary/aromatic N) is 5. The molecule has 35 heavy (non-hydrogen) atoms. The fourth-order valence-corrected chi connectivity index (χ4v) is 4.27. The number of carbonyl (C=O) groups is 1. The lowest BCUT2D eigenvalue weighted by molar-refractivity contribution is -0.113. The van der Waals surface area contributed by atoms with Crippen LogP contribution in [0.5, 0.6) is 0 Å². The van der Waals surface area contributed by atoms with Gasteiger partial charge in [-0.15, -0.1) is 10.2 Å². The van der Waals surface area contributed by atoms with Crippen molar-refractivity contribution >= 4 is 23.5 Å². The van der Waals surface area contributed by atoms with Crippen LogP contribution in [0.15, 0.2) is 95.1 Å². The van der Waals surface area contributed by atoms with E-state index in [0.29, 0.717) is 22.5 Å². The van der Waals surface area contributed by atoms with E-state index < -0.39 is 0 Å². The lowest BCUT2D eigenvalue weighted by Gasteiger charge is -2.10. The summed E-state index contributed by atoms with van der Waals surface area (Å²) in [7, 11) is 0. The molecule has 0 atom stereocenters. The first-order valence-corrected chi connectivity index (χ1v) is 11.8. The number of rotatable bonds is 7. The third-order valence-electron chi connectivity index (χ3n) is 5.21. The van der Waals surface area contributed by atoms with E-state index in [-0.39, 0.29) is 17.2 Å². The average molecular weight is 484 g/mol. The first kappa shape index (κ1) is 22.4. The number of nitrogens with one attached hydrogen (secondary N) is 2. The van der Waals surface area contributed by atoms with Crippen LogP contribution in [0.4, 0.5) is 5.82 Å². The Bertz CT molecular complexity index is 1510. The summed E-state index contributed by atoms with van der Waals surface area (Å²) in [5.74, 6) is 0.782. The normalized spacial score (nSPS) is 10.9. The summed E-state index contributed by atoms with van der Waals surface area (Å²) in [6.07, 6.45) is 3.40. The lowest BCUT2D eigenvalue weighted by atomic mass is 10.2. The largest absolute Gasteiger partial charge is 0.310 e. The number of anilines is 1. The number of benzene rings is 2. The summed E-state index contributed by atoms with van der Waals surface area (Å²) in [5.41, 5.74) is 3.31. The highest BCUT2D eigenvalue weighted by Crippen LogP contribution is 2.28. The molecular formula is C25H21N7O2S. The van der Waals surface area contributed by atoms with Gasteiger partial charge in [0.25, 0.3) is 5.56 Å². The zero-order chi connectivity index (χ0) is 24.2. The quantitative estimate of drug-likeness (QED) is 0.340. The van der Waals surface area contributed by atoms with Crippen LogP contribution in [0.2, 0.25) is 0 Å². The molecule has 2 aromatic carbocycles. The van der Waals surface area contributed by atoms with Gasteiger partial charge in [0.05, 0.1) is 11.4 Å². The Morgan fingerprint density at radius 1 is 0.971 bits per heavy atom. The Hall–Kier alpha value is -4.44. The molecule has 0 bridgehead atoms. The van der Waals surface area contributed by atoms with Crippen molar-refractivity contribution in [1.82, 2.24) is 29.5 Å². The zero-order valence-electron chi connectivity index (χ0n) is 18.8. The van der Waals surface area contributed by atoms with Gasteiger partial charge in [-0.05, 0) is 43.3 Å². The van der Waals surface area contributed by atoms with Crippen LogP contribution in [0.25, 0.3) is 22.8 Å². The summed E-state index contributed by atoms with van der Waals surface area (Å²) in [6, 6.07) is 22.2. The SMILES string of the molecule is Cc1ccc(-n2c(SCC(=O)Nc3cc(=O)n(-c4ccccc4)[nH]3)nnc2-c2ccncc2)cc1. The van der Waals surface area contributed by atoms with E-state index in [9.17, 15) is 9.59 Å². The van der Waals surface area contributed by atoms with Crippen molar-refractivity contribution in [2.75, 3.05) is 11.1 Å². The van der Waals surface area contributed by atoms with E-state index in [1.165, 1.54) is 22.5 Å². The Morgan fingerprint density at radius 3 is 2.46 bits per heavy atom. The number of aromatic nitrogens is 6. The molecule has 1 amide bonds. The molecular weight excluding hydrogens is 462 g/mol. The monoisotopic (exact) mass is 483 g/mol. The van der Waals surface area contributed by atoms with Crippen LogP contribution < -0.4 is 10.9 Å². The molecule has 0 fully saturated rings. The van der Waals surface area contributed by atoms with Gasteiger partial charge in [0.1, 0.15) is 5.82 Å². The van der Waals surface area contributed by atoms with Crippen LogP contribution in [-0.4, -0.2) is 41.2 Å². The second kappa shape index (κ2) is 9.82. The molecule has 174 valence electrons. The summed E-state index contributed by atoms with van der Waals surface area (Å²) >= 11 is 1.26. The maximum atomic E-state index is 12.7. The van der Waals surface area contributed by atoms with Crippen molar-refractivity contribution in [3.8, 4) is 22.8 Å². The van der Waals surface area contributed by atoms with E-state index in [2.05, 4.69) is 25.6 Å². The number of hydrogen-bond donors (Lipinski definition) is 2. The number of H-pyrrole nitrogens is 1. The van der Waals surface area contributed by atoms with Crippen molar-refractivity contribution in [2.24, 2.45) is 0 Å². The van der Waals surface area contributed by atoms with E-state index in [1.807, 2.05) is 66.1 Å². The number of carbonyl (C=O) groups excluding carboxylic acids is 1. The summed E-state index contributed by atoms with van der Waals surface area (Å²) < 4.78 is 3.29. The second-order valence-electron chi connectivity index (χ2n) is 7.73. The van der Waals surface area contributed by atoms with Gasteiger partial charge in [-0.3, -0.25) is 24.2 Å². The fraction of sp³-hybridized carbons (Fsp3) is 0.0800. The Labute approximate surface area is 204 Å². The third-order valence-corrected chi connectivity index (χ3v) is 6.13. The number of para-hydroxylation sites is 1. The highest BCUT2D eigenvalue weighted by atomic mass is 32.2. The Morgan fingerprint density at radius 2 is 1.71 bits per heavy atom. The molecule has 3 heterocycles. The van der Waals surface area contributed by atoms with Crippen LogP contribution in [0.1, 0.15) is 5.56 Å². The minimum absolute atomic E-state index is 0.0822. The second-order valence-corrected chi connectivity index (χ2v) is 8.67. The van der Waals surface area contributed by atoms with E-state index in [1.54, 1.807) is 24.5 Å². The molecule has 0 spiro atoms. The van der Waals surface area contributed by atoms with Crippen molar-refractivity contribution in [2.45, 2.75) is 12.1 Å². The number of aromatic amines is 1. The van der Waals surface area contributed by atoms with E-state index >= 15 is 0 Å². The smallest absolute Gasteiger partial charge is 0.273 e. The number of aryl methyl sites for hydroxylation is 1. The Kier molecular flexibility index (Phi) is 6.27. The van der Waals surface area contributed by atoms with Gasteiger partial charge in [0, 0.05) is 29.7 Å².